The molecule has 0 heterocycles. The van der Waals surface area contributed by atoms with Crippen LogP contribution < -0.4 is 11.1 Å². The van der Waals surface area contributed by atoms with Crippen LogP contribution in [0.25, 0.3) is 0 Å². The van der Waals surface area contributed by atoms with E-state index in [9.17, 15) is 0 Å². The summed E-state index contributed by atoms with van der Waals surface area (Å²) >= 11 is 3.53. The Hall–Kier alpha value is -1.07. The summed E-state index contributed by atoms with van der Waals surface area (Å²) in [4.78, 5) is 0. The summed E-state index contributed by atoms with van der Waals surface area (Å²) in [5.41, 5.74) is 6.62. The van der Waals surface area contributed by atoms with E-state index in [0.29, 0.717) is 6.42 Å². The van der Waals surface area contributed by atoms with Crippen molar-refractivity contribution in [3.8, 4) is 0 Å². The summed E-state index contributed by atoms with van der Waals surface area (Å²) in [5, 5.41) is 14.7. The molecule has 0 bridgehead atoms. The van der Waals surface area contributed by atoms with Gasteiger partial charge in [-0.15, -0.1) is 0 Å². The van der Waals surface area contributed by atoms with E-state index in [0.717, 1.165) is 17.4 Å². The number of halogens is 1. The summed E-state index contributed by atoms with van der Waals surface area (Å²) in [5.74, 6) is 0.278. The Bertz CT molecular complexity index is 382. The molecule has 0 unspecified atom stereocenters. The molecule has 1 atom stereocenters. The lowest BCUT2D eigenvalue weighted by molar-refractivity contribution is 0.316. The van der Waals surface area contributed by atoms with Crippen molar-refractivity contribution in [1.29, 1.82) is 0 Å². The Balaban J connectivity index is 2.35. The highest BCUT2D eigenvalue weighted by Gasteiger charge is 2.07. The molecule has 1 aromatic carbocycles. The van der Waals surface area contributed by atoms with Crippen LogP contribution in [0, 0.1) is 0 Å². The maximum atomic E-state index is 8.39. The summed E-state index contributed by atoms with van der Waals surface area (Å²) < 4.78 is 1.11. The molecule has 5 heteroatoms. The summed E-state index contributed by atoms with van der Waals surface area (Å²) in [6, 6.07) is 8.42. The quantitative estimate of drug-likeness (QED) is 0.249. The van der Waals surface area contributed by atoms with Gasteiger partial charge in [-0.3, -0.25) is 0 Å². The first kappa shape index (κ1) is 14.0. The molecular formula is C12H18BrN3O. The third-order valence-electron chi connectivity index (χ3n) is 2.56. The topological polar surface area (TPSA) is 70.6 Å². The van der Waals surface area contributed by atoms with Crippen LogP contribution in [0.3, 0.4) is 0 Å². The normalized spacial score (nSPS) is 13.6. The Morgan fingerprint density at radius 2 is 2.24 bits per heavy atom. The van der Waals surface area contributed by atoms with E-state index in [1.54, 1.807) is 0 Å². The second-order valence-corrected chi connectivity index (χ2v) is 4.75. The van der Waals surface area contributed by atoms with Crippen LogP contribution in [0.5, 0.6) is 0 Å². The van der Waals surface area contributed by atoms with E-state index in [2.05, 4.69) is 39.4 Å². The largest absolute Gasteiger partial charge is 0.409 e. The van der Waals surface area contributed by atoms with Gasteiger partial charge in [-0.1, -0.05) is 39.3 Å². The smallest absolute Gasteiger partial charge is 0.139 e. The molecule has 0 saturated heterocycles. The van der Waals surface area contributed by atoms with E-state index in [1.165, 1.54) is 5.56 Å². The lowest BCUT2D eigenvalue weighted by Gasteiger charge is -2.15. The number of benzene rings is 1. The fourth-order valence-corrected chi connectivity index (χ4v) is 2.20. The second-order valence-electron chi connectivity index (χ2n) is 3.89. The first-order chi connectivity index (χ1) is 8.15. The fraction of sp³-hybridized carbons (Fsp3) is 0.417. The van der Waals surface area contributed by atoms with Gasteiger partial charge in [-0.2, -0.15) is 0 Å². The molecule has 0 amide bonds. The van der Waals surface area contributed by atoms with Crippen molar-refractivity contribution in [2.45, 2.75) is 25.8 Å². The van der Waals surface area contributed by atoms with Gasteiger partial charge < -0.3 is 16.3 Å². The number of rotatable bonds is 6. The zero-order valence-corrected chi connectivity index (χ0v) is 11.4. The third-order valence-corrected chi connectivity index (χ3v) is 3.28. The molecule has 0 spiro atoms. The number of nitrogens with two attached hydrogens (primary N) is 1. The molecule has 17 heavy (non-hydrogen) atoms. The number of nitrogens with zero attached hydrogens (tertiary/aromatic N) is 1. The first-order valence-electron chi connectivity index (χ1n) is 5.59. The molecule has 1 aromatic rings. The van der Waals surface area contributed by atoms with Crippen molar-refractivity contribution in [3.05, 3.63) is 34.3 Å². The van der Waals surface area contributed by atoms with Crippen molar-refractivity contribution in [2.24, 2.45) is 10.9 Å². The van der Waals surface area contributed by atoms with E-state index in [1.807, 2.05) is 18.2 Å². The highest BCUT2D eigenvalue weighted by molar-refractivity contribution is 9.10. The number of amidine groups is 1. The van der Waals surface area contributed by atoms with Gasteiger partial charge in [0.1, 0.15) is 5.84 Å². The van der Waals surface area contributed by atoms with Gasteiger partial charge in [0.05, 0.1) is 0 Å². The molecule has 0 aliphatic heterocycles. The van der Waals surface area contributed by atoms with Gasteiger partial charge >= 0.3 is 0 Å². The molecule has 1 rings (SSSR count). The minimum Gasteiger partial charge on any atom is -0.409 e. The molecular weight excluding hydrogens is 282 g/mol. The molecule has 4 N–H and O–H groups in total. The van der Waals surface area contributed by atoms with Gasteiger partial charge in [0.25, 0.3) is 0 Å². The van der Waals surface area contributed by atoms with Crippen molar-refractivity contribution in [1.82, 2.24) is 5.32 Å². The van der Waals surface area contributed by atoms with Crippen molar-refractivity contribution < 1.29 is 5.21 Å². The second kappa shape index (κ2) is 7.29. The fourth-order valence-electron chi connectivity index (χ4n) is 1.57. The molecule has 0 aliphatic carbocycles. The number of oxime groups is 1. The van der Waals surface area contributed by atoms with E-state index in [-0.39, 0.29) is 11.9 Å². The monoisotopic (exact) mass is 299 g/mol. The number of hydrogen-bond acceptors (Lipinski definition) is 3. The van der Waals surface area contributed by atoms with Gasteiger partial charge in [-0.05, 0) is 31.5 Å². The van der Waals surface area contributed by atoms with Gasteiger partial charge in [-0.25, -0.2) is 0 Å². The van der Waals surface area contributed by atoms with Crippen molar-refractivity contribution in [3.63, 3.8) is 0 Å². The summed E-state index contributed by atoms with van der Waals surface area (Å²) in [6.07, 6.45) is 1.46. The molecule has 4 nitrogen and oxygen atoms in total. The maximum Gasteiger partial charge on any atom is 0.139 e. The van der Waals surface area contributed by atoms with E-state index >= 15 is 0 Å². The highest BCUT2D eigenvalue weighted by Crippen LogP contribution is 2.22. The Kier molecular flexibility index (Phi) is 6.00. The van der Waals surface area contributed by atoms with Crippen LogP contribution in [0.1, 0.15) is 31.4 Å². The minimum atomic E-state index is 0.276. The Morgan fingerprint density at radius 3 is 2.88 bits per heavy atom. The summed E-state index contributed by atoms with van der Waals surface area (Å²) in [6.45, 7) is 2.95. The average Bonchev–Trinajstić information content (AvgIpc) is 2.34. The Labute approximate surface area is 110 Å². The zero-order valence-electron chi connectivity index (χ0n) is 9.86. The summed E-state index contributed by atoms with van der Waals surface area (Å²) in [7, 11) is 0. The van der Waals surface area contributed by atoms with Gasteiger partial charge in [0.15, 0.2) is 0 Å². The number of hydrogen-bond donors (Lipinski definition) is 3. The first-order valence-corrected chi connectivity index (χ1v) is 6.38. The SMILES string of the molecule is C[C@@H](NCCC/C(N)=N/O)c1ccccc1Br. The molecule has 0 radical (unpaired) electrons. The van der Waals surface area contributed by atoms with Gasteiger partial charge in [0.2, 0.25) is 0 Å². The maximum absolute atomic E-state index is 8.39. The van der Waals surface area contributed by atoms with Crippen LogP contribution >= 0.6 is 15.9 Å². The molecule has 0 aliphatic rings. The van der Waals surface area contributed by atoms with Crippen LogP contribution in [0.4, 0.5) is 0 Å². The van der Waals surface area contributed by atoms with Crippen LogP contribution in [0.2, 0.25) is 0 Å². The van der Waals surface area contributed by atoms with Crippen molar-refractivity contribution >= 4 is 21.8 Å². The molecule has 0 aromatic heterocycles. The lowest BCUT2D eigenvalue weighted by Crippen LogP contribution is -2.22. The van der Waals surface area contributed by atoms with Gasteiger partial charge in [0, 0.05) is 16.9 Å². The Morgan fingerprint density at radius 1 is 1.53 bits per heavy atom. The standard InChI is InChI=1S/C12H18BrN3O/c1-9(10-5-2-3-6-11(10)13)15-8-4-7-12(14)16-17/h2-3,5-6,9,15,17H,4,7-8H2,1H3,(H2,14,16)/t9-/m1/s1. The van der Waals surface area contributed by atoms with E-state index < -0.39 is 0 Å². The minimum absolute atomic E-state index is 0.276. The van der Waals surface area contributed by atoms with Crippen molar-refractivity contribution in [2.75, 3.05) is 6.54 Å². The van der Waals surface area contributed by atoms with Crippen LogP contribution in [-0.2, 0) is 0 Å². The highest BCUT2D eigenvalue weighted by atomic mass is 79.9. The van der Waals surface area contributed by atoms with E-state index in [4.69, 9.17) is 10.9 Å². The lowest BCUT2D eigenvalue weighted by atomic mass is 10.1. The predicted molar refractivity (Wildman–Crippen MR) is 73.2 cm³/mol. The molecule has 0 fully saturated rings. The average molecular weight is 300 g/mol. The molecule has 0 saturated carbocycles. The van der Waals surface area contributed by atoms with Crippen LogP contribution in [-0.4, -0.2) is 17.6 Å². The third kappa shape index (κ3) is 4.75. The molecule has 94 valence electrons. The van der Waals surface area contributed by atoms with Crippen LogP contribution in [0.15, 0.2) is 33.9 Å². The number of nitrogens with one attached hydrogen (secondary N) is 1. The zero-order chi connectivity index (χ0) is 12.7. The predicted octanol–water partition coefficient (Wildman–Crippen LogP) is 2.63.